The molecule has 2 aromatic carbocycles. The lowest BCUT2D eigenvalue weighted by Gasteiger charge is -2.41. The van der Waals surface area contributed by atoms with Crippen molar-refractivity contribution in [1.29, 1.82) is 0 Å². The van der Waals surface area contributed by atoms with Gasteiger partial charge in [-0.15, -0.1) is 12.4 Å². The van der Waals surface area contributed by atoms with Gasteiger partial charge in [0.25, 0.3) is 0 Å². The van der Waals surface area contributed by atoms with Gasteiger partial charge in [-0.1, -0.05) is 18.2 Å². The number of benzene rings is 2. The number of nitrogens with zero attached hydrogens (tertiary/aromatic N) is 4. The fourth-order valence-corrected chi connectivity index (χ4v) is 4.74. The summed E-state index contributed by atoms with van der Waals surface area (Å²) in [4.78, 5) is 5.24. The van der Waals surface area contributed by atoms with E-state index in [2.05, 4.69) is 75.3 Å². The summed E-state index contributed by atoms with van der Waals surface area (Å²) in [6.45, 7) is 8.98. The van der Waals surface area contributed by atoms with E-state index >= 15 is 0 Å². The van der Waals surface area contributed by atoms with E-state index in [1.807, 2.05) is 0 Å². The number of hydrogen-bond acceptors (Lipinski definition) is 4. The highest BCUT2D eigenvalue weighted by Crippen LogP contribution is 2.28. The number of aromatic nitrogens is 2. The summed E-state index contributed by atoms with van der Waals surface area (Å²) in [6.07, 6.45) is 2.59. The van der Waals surface area contributed by atoms with Crippen molar-refractivity contribution in [3.8, 4) is 5.69 Å². The largest absolute Gasteiger partial charge is 0.369 e. The predicted octanol–water partition coefficient (Wildman–Crippen LogP) is 3.63. The molecule has 2 aliphatic heterocycles. The van der Waals surface area contributed by atoms with E-state index in [0.29, 0.717) is 0 Å². The molecular formula is C23H30ClN5. The Bertz CT molecular complexity index is 941. The first kappa shape index (κ1) is 20.2. The van der Waals surface area contributed by atoms with Crippen molar-refractivity contribution in [3.63, 3.8) is 0 Å². The zero-order valence-electron chi connectivity index (χ0n) is 17.1. The molecule has 1 aromatic heterocycles. The van der Waals surface area contributed by atoms with E-state index in [-0.39, 0.29) is 12.4 Å². The van der Waals surface area contributed by atoms with Crippen molar-refractivity contribution in [3.05, 3.63) is 54.2 Å². The molecule has 0 spiro atoms. The third-order valence-electron chi connectivity index (χ3n) is 6.35. The zero-order valence-corrected chi connectivity index (χ0v) is 17.9. The van der Waals surface area contributed by atoms with Crippen molar-refractivity contribution in [2.45, 2.75) is 25.8 Å². The summed E-state index contributed by atoms with van der Waals surface area (Å²) in [6, 6.07) is 18.0. The van der Waals surface area contributed by atoms with Gasteiger partial charge in [0.05, 0.1) is 16.9 Å². The summed E-state index contributed by atoms with van der Waals surface area (Å²) in [5.74, 6) is 0. The fraction of sp³-hybridized carbons (Fsp3) is 0.435. The summed E-state index contributed by atoms with van der Waals surface area (Å²) in [5.41, 5.74) is 4.71. The van der Waals surface area contributed by atoms with Gasteiger partial charge in [-0.2, -0.15) is 5.10 Å². The number of anilines is 1. The maximum atomic E-state index is 4.80. The minimum absolute atomic E-state index is 0. The molecule has 5 nitrogen and oxygen atoms in total. The van der Waals surface area contributed by atoms with Crippen LogP contribution >= 0.6 is 12.4 Å². The van der Waals surface area contributed by atoms with E-state index in [1.54, 1.807) is 0 Å². The van der Waals surface area contributed by atoms with Crippen LogP contribution in [0.3, 0.4) is 0 Å². The van der Waals surface area contributed by atoms with Gasteiger partial charge in [-0.25, -0.2) is 4.68 Å². The van der Waals surface area contributed by atoms with E-state index in [0.717, 1.165) is 30.5 Å². The average molecular weight is 412 g/mol. The van der Waals surface area contributed by atoms with E-state index < -0.39 is 0 Å². The van der Waals surface area contributed by atoms with Crippen molar-refractivity contribution in [2.75, 3.05) is 44.2 Å². The molecule has 0 unspecified atom stereocenters. The van der Waals surface area contributed by atoms with E-state index in [4.69, 9.17) is 5.10 Å². The quantitative estimate of drug-likeness (QED) is 0.714. The minimum Gasteiger partial charge on any atom is -0.369 e. The third-order valence-corrected chi connectivity index (χ3v) is 6.35. The van der Waals surface area contributed by atoms with Crippen LogP contribution in [0.1, 0.15) is 18.5 Å². The number of halogens is 1. The number of hydrogen-bond donors (Lipinski definition) is 1. The van der Waals surface area contributed by atoms with Crippen LogP contribution in [-0.4, -0.2) is 60.0 Å². The van der Waals surface area contributed by atoms with Crippen LogP contribution in [0.4, 0.5) is 5.69 Å². The number of piperidine rings is 1. The zero-order chi connectivity index (χ0) is 18.9. The predicted molar refractivity (Wildman–Crippen MR) is 123 cm³/mol. The SMILES string of the molecule is Cc1nn(-c2ccccc2)c2cc(N3CCN(C4CCNCC4)CC3)ccc12.Cl. The highest BCUT2D eigenvalue weighted by molar-refractivity contribution is 5.86. The van der Waals surface area contributed by atoms with Crippen molar-refractivity contribution < 1.29 is 0 Å². The van der Waals surface area contributed by atoms with Crippen LogP contribution in [-0.2, 0) is 0 Å². The molecule has 0 amide bonds. The van der Waals surface area contributed by atoms with E-state index in [1.165, 1.54) is 55.6 Å². The van der Waals surface area contributed by atoms with Crippen molar-refractivity contribution in [1.82, 2.24) is 20.0 Å². The molecule has 3 aromatic rings. The first-order valence-corrected chi connectivity index (χ1v) is 10.5. The third kappa shape index (κ3) is 4.00. The molecule has 1 N–H and O–H groups in total. The molecule has 0 saturated carbocycles. The number of aryl methyl sites for hydroxylation is 1. The Balaban J connectivity index is 0.00000205. The molecule has 6 heteroatoms. The molecule has 2 saturated heterocycles. The lowest BCUT2D eigenvalue weighted by atomic mass is 10.0. The number of para-hydroxylation sites is 1. The number of fused-ring (bicyclic) bond motifs is 1. The molecule has 2 fully saturated rings. The van der Waals surface area contributed by atoms with Gasteiger partial charge in [0.15, 0.2) is 0 Å². The van der Waals surface area contributed by atoms with Crippen LogP contribution in [0, 0.1) is 6.92 Å². The van der Waals surface area contributed by atoms with Crippen LogP contribution in [0.15, 0.2) is 48.5 Å². The standard InChI is InChI=1S/C23H29N5.ClH/c1-18-22-8-7-21(17-23(22)28(25-18)20-5-3-2-4-6-20)27-15-13-26(14-16-27)19-9-11-24-12-10-19;/h2-8,17,19,24H,9-16H2,1H3;1H. The first-order chi connectivity index (χ1) is 13.8. The molecule has 3 heterocycles. The van der Waals surface area contributed by atoms with Gasteiger partial charge in [0.1, 0.15) is 0 Å². The lowest BCUT2D eigenvalue weighted by molar-refractivity contribution is 0.153. The monoisotopic (exact) mass is 411 g/mol. The fourth-order valence-electron chi connectivity index (χ4n) is 4.74. The van der Waals surface area contributed by atoms with E-state index in [9.17, 15) is 0 Å². The Morgan fingerprint density at radius 1 is 0.897 bits per heavy atom. The normalized spacial score (nSPS) is 18.7. The molecule has 2 aliphatic rings. The van der Waals surface area contributed by atoms with Crippen molar-refractivity contribution >= 4 is 29.0 Å². The first-order valence-electron chi connectivity index (χ1n) is 10.5. The number of rotatable bonds is 3. The summed E-state index contributed by atoms with van der Waals surface area (Å²) in [5, 5.41) is 9.52. The van der Waals surface area contributed by atoms with Gasteiger partial charge >= 0.3 is 0 Å². The van der Waals surface area contributed by atoms with Gasteiger partial charge in [-0.05, 0) is 63.2 Å². The Morgan fingerprint density at radius 2 is 1.62 bits per heavy atom. The Morgan fingerprint density at radius 3 is 2.34 bits per heavy atom. The Kier molecular flexibility index (Phi) is 6.09. The molecule has 0 radical (unpaired) electrons. The average Bonchev–Trinajstić information content (AvgIpc) is 3.11. The minimum atomic E-state index is 0. The van der Waals surface area contributed by atoms with Gasteiger partial charge in [0, 0.05) is 43.3 Å². The maximum absolute atomic E-state index is 4.80. The lowest BCUT2D eigenvalue weighted by Crippen LogP contribution is -2.52. The molecule has 0 atom stereocenters. The molecule has 0 bridgehead atoms. The van der Waals surface area contributed by atoms with Crippen molar-refractivity contribution in [2.24, 2.45) is 0 Å². The highest BCUT2D eigenvalue weighted by atomic mass is 35.5. The van der Waals surface area contributed by atoms with Crippen LogP contribution in [0.2, 0.25) is 0 Å². The number of piperazine rings is 1. The molecule has 29 heavy (non-hydrogen) atoms. The number of nitrogens with one attached hydrogen (secondary N) is 1. The summed E-state index contributed by atoms with van der Waals surface area (Å²) < 4.78 is 2.08. The summed E-state index contributed by atoms with van der Waals surface area (Å²) >= 11 is 0. The van der Waals surface area contributed by atoms with Gasteiger partial charge < -0.3 is 10.2 Å². The van der Waals surface area contributed by atoms with Gasteiger partial charge in [0.2, 0.25) is 0 Å². The molecular weight excluding hydrogens is 382 g/mol. The topological polar surface area (TPSA) is 36.3 Å². The Hall–Kier alpha value is -2.08. The van der Waals surface area contributed by atoms with Gasteiger partial charge in [-0.3, -0.25) is 4.90 Å². The smallest absolute Gasteiger partial charge is 0.0764 e. The van der Waals surface area contributed by atoms with Crippen LogP contribution < -0.4 is 10.2 Å². The molecule has 0 aliphatic carbocycles. The maximum Gasteiger partial charge on any atom is 0.0764 e. The molecule has 5 rings (SSSR count). The second-order valence-electron chi connectivity index (χ2n) is 8.04. The Labute approximate surface area is 179 Å². The highest BCUT2D eigenvalue weighted by Gasteiger charge is 2.25. The second kappa shape index (κ2) is 8.74. The molecule has 154 valence electrons. The second-order valence-corrected chi connectivity index (χ2v) is 8.04. The summed E-state index contributed by atoms with van der Waals surface area (Å²) in [7, 11) is 0. The van der Waals surface area contributed by atoms with Crippen LogP contribution in [0.5, 0.6) is 0 Å². The van der Waals surface area contributed by atoms with Crippen LogP contribution in [0.25, 0.3) is 16.6 Å².